The zero-order valence-electron chi connectivity index (χ0n) is 14.8. The van der Waals surface area contributed by atoms with Crippen LogP contribution >= 0.6 is 11.3 Å². The van der Waals surface area contributed by atoms with Crippen molar-refractivity contribution < 1.29 is 13.9 Å². The molecule has 1 atom stereocenters. The van der Waals surface area contributed by atoms with Gasteiger partial charge in [0.15, 0.2) is 0 Å². The normalized spacial score (nSPS) is 16.6. The first-order valence-electron chi connectivity index (χ1n) is 8.74. The Morgan fingerprint density at radius 1 is 1.30 bits per heavy atom. The average Bonchev–Trinajstić information content (AvgIpc) is 3.40. The van der Waals surface area contributed by atoms with Crippen molar-refractivity contribution in [1.29, 1.82) is 0 Å². The lowest BCUT2D eigenvalue weighted by Crippen LogP contribution is -2.24. The number of carbonyl (C=O) groups is 1. The number of carbonyl (C=O) groups excluding carboxylic acids is 1. The molecule has 1 aliphatic carbocycles. The molecule has 1 unspecified atom stereocenters. The number of amides is 1. The van der Waals surface area contributed by atoms with Gasteiger partial charge in [0, 0.05) is 5.92 Å². The van der Waals surface area contributed by atoms with Crippen LogP contribution in [0.2, 0.25) is 0 Å². The summed E-state index contributed by atoms with van der Waals surface area (Å²) >= 11 is 1.51. The molecule has 0 saturated heterocycles. The number of benzene rings is 1. The van der Waals surface area contributed by atoms with Gasteiger partial charge in [0.05, 0.1) is 12.0 Å². The minimum atomic E-state index is -0.101. The lowest BCUT2D eigenvalue weighted by molar-refractivity contribution is -0.120. The molecular weight excluding hydrogens is 362 g/mol. The molecule has 7 heteroatoms. The van der Waals surface area contributed by atoms with Gasteiger partial charge < -0.3 is 9.15 Å². The molecule has 2 heterocycles. The van der Waals surface area contributed by atoms with Crippen LogP contribution in [-0.4, -0.2) is 23.2 Å². The van der Waals surface area contributed by atoms with Gasteiger partial charge >= 0.3 is 6.01 Å². The van der Waals surface area contributed by atoms with Crippen LogP contribution in [0.15, 0.2) is 52.3 Å². The molecule has 0 saturated carbocycles. The van der Waals surface area contributed by atoms with Crippen molar-refractivity contribution in [3.63, 3.8) is 0 Å². The van der Waals surface area contributed by atoms with E-state index in [-0.39, 0.29) is 17.8 Å². The number of methoxy groups -OCH3 is 1. The molecule has 1 aliphatic rings. The topological polar surface area (TPSA) is 77.2 Å². The first-order chi connectivity index (χ1) is 13.2. The van der Waals surface area contributed by atoms with E-state index >= 15 is 0 Å². The largest absolute Gasteiger partial charge is 0.497 e. The molecule has 0 aliphatic heterocycles. The number of aromatic nitrogens is 2. The van der Waals surface area contributed by atoms with Gasteiger partial charge in [0.1, 0.15) is 5.75 Å². The van der Waals surface area contributed by atoms with Crippen LogP contribution in [0.4, 0.5) is 6.01 Å². The first-order valence-corrected chi connectivity index (χ1v) is 9.62. The Kier molecular flexibility index (Phi) is 5.02. The summed E-state index contributed by atoms with van der Waals surface area (Å²) in [6, 6.07) is 12.0. The number of hydrogen-bond acceptors (Lipinski definition) is 6. The first kappa shape index (κ1) is 17.5. The fourth-order valence-corrected chi connectivity index (χ4v) is 3.78. The van der Waals surface area contributed by atoms with Gasteiger partial charge in [-0.1, -0.05) is 29.4 Å². The van der Waals surface area contributed by atoms with Crippen molar-refractivity contribution in [2.75, 3.05) is 12.4 Å². The lowest BCUT2D eigenvalue weighted by Gasteiger charge is -2.21. The number of anilines is 1. The molecule has 4 rings (SSSR count). The molecule has 3 aromatic rings. The summed E-state index contributed by atoms with van der Waals surface area (Å²) in [7, 11) is 1.66. The third-order valence-corrected chi connectivity index (χ3v) is 5.47. The van der Waals surface area contributed by atoms with E-state index in [1.54, 1.807) is 7.11 Å². The summed E-state index contributed by atoms with van der Waals surface area (Å²) in [6.07, 6.45) is 4.44. The third-order valence-electron chi connectivity index (χ3n) is 4.61. The zero-order chi connectivity index (χ0) is 18.6. The second-order valence-electron chi connectivity index (χ2n) is 6.31. The minimum Gasteiger partial charge on any atom is -0.497 e. The highest BCUT2D eigenvalue weighted by molar-refractivity contribution is 7.13. The van der Waals surface area contributed by atoms with Crippen molar-refractivity contribution in [2.45, 2.75) is 19.3 Å². The Hall–Kier alpha value is -2.93. The van der Waals surface area contributed by atoms with Gasteiger partial charge in [0.25, 0.3) is 5.89 Å². The molecule has 1 aromatic carbocycles. The molecule has 2 aromatic heterocycles. The molecule has 1 amide bonds. The van der Waals surface area contributed by atoms with Crippen LogP contribution in [0, 0.1) is 5.92 Å². The number of nitrogens with one attached hydrogen (secondary N) is 1. The summed E-state index contributed by atoms with van der Waals surface area (Å²) < 4.78 is 10.8. The SMILES string of the molecule is COc1cccc(C2=CCC(C(=O)Nc3nnc(-c4cccs4)o3)CC2)c1. The highest BCUT2D eigenvalue weighted by Gasteiger charge is 2.24. The molecule has 27 heavy (non-hydrogen) atoms. The van der Waals surface area contributed by atoms with Crippen LogP contribution < -0.4 is 10.1 Å². The minimum absolute atomic E-state index is 0.0858. The van der Waals surface area contributed by atoms with Gasteiger partial charge in [-0.25, -0.2) is 0 Å². The van der Waals surface area contributed by atoms with E-state index < -0.39 is 0 Å². The van der Waals surface area contributed by atoms with Crippen LogP contribution in [0.5, 0.6) is 5.75 Å². The summed E-state index contributed by atoms with van der Waals surface area (Å²) in [6.45, 7) is 0. The fourth-order valence-electron chi connectivity index (χ4n) is 3.14. The Balaban J connectivity index is 1.39. The van der Waals surface area contributed by atoms with Gasteiger partial charge in [-0.3, -0.25) is 10.1 Å². The van der Waals surface area contributed by atoms with Gasteiger partial charge in [-0.05, 0) is 54.0 Å². The summed E-state index contributed by atoms with van der Waals surface area (Å²) in [5.41, 5.74) is 2.39. The summed E-state index contributed by atoms with van der Waals surface area (Å²) in [4.78, 5) is 13.4. The number of rotatable bonds is 5. The second kappa shape index (κ2) is 7.75. The van der Waals surface area contributed by atoms with Crippen molar-refractivity contribution >= 4 is 28.8 Å². The summed E-state index contributed by atoms with van der Waals surface area (Å²) in [5, 5.41) is 12.6. The van der Waals surface area contributed by atoms with E-state index in [1.165, 1.54) is 16.9 Å². The maximum atomic E-state index is 12.5. The van der Waals surface area contributed by atoms with E-state index in [4.69, 9.17) is 9.15 Å². The van der Waals surface area contributed by atoms with Gasteiger partial charge in [0.2, 0.25) is 5.91 Å². The van der Waals surface area contributed by atoms with Crippen molar-refractivity contribution in [3.8, 4) is 16.5 Å². The van der Waals surface area contributed by atoms with E-state index in [0.29, 0.717) is 12.3 Å². The zero-order valence-corrected chi connectivity index (χ0v) is 15.7. The number of nitrogens with zero attached hydrogens (tertiary/aromatic N) is 2. The Morgan fingerprint density at radius 3 is 2.96 bits per heavy atom. The highest BCUT2D eigenvalue weighted by atomic mass is 32.1. The van der Waals surface area contributed by atoms with Crippen molar-refractivity contribution in [1.82, 2.24) is 10.2 Å². The van der Waals surface area contributed by atoms with Crippen molar-refractivity contribution in [2.24, 2.45) is 5.92 Å². The highest BCUT2D eigenvalue weighted by Crippen LogP contribution is 2.32. The Bertz CT molecular complexity index is 963. The molecule has 6 nitrogen and oxygen atoms in total. The monoisotopic (exact) mass is 381 g/mol. The molecule has 1 N–H and O–H groups in total. The van der Waals surface area contributed by atoms with Crippen molar-refractivity contribution in [3.05, 3.63) is 53.4 Å². The molecule has 138 valence electrons. The smallest absolute Gasteiger partial charge is 0.322 e. The van der Waals surface area contributed by atoms with Crippen LogP contribution in [0.3, 0.4) is 0 Å². The van der Waals surface area contributed by atoms with Crippen LogP contribution in [0.25, 0.3) is 16.3 Å². The second-order valence-corrected chi connectivity index (χ2v) is 7.26. The maximum Gasteiger partial charge on any atom is 0.322 e. The molecular formula is C20H19N3O3S. The maximum absolute atomic E-state index is 12.5. The molecule has 0 fully saturated rings. The number of hydrogen-bond donors (Lipinski definition) is 1. The van der Waals surface area contributed by atoms with Crippen LogP contribution in [-0.2, 0) is 4.79 Å². The van der Waals surface area contributed by atoms with E-state index in [9.17, 15) is 4.79 Å². The Morgan fingerprint density at radius 2 is 2.22 bits per heavy atom. The molecule has 0 bridgehead atoms. The van der Waals surface area contributed by atoms with Gasteiger partial charge in [-0.2, -0.15) is 0 Å². The fraction of sp³-hybridized carbons (Fsp3) is 0.250. The molecule has 0 spiro atoms. The summed E-state index contributed by atoms with van der Waals surface area (Å²) in [5.74, 6) is 1.07. The number of thiophene rings is 1. The Labute approximate surface area is 160 Å². The predicted molar refractivity (Wildman–Crippen MR) is 105 cm³/mol. The predicted octanol–water partition coefficient (Wildman–Crippen LogP) is 4.63. The van der Waals surface area contributed by atoms with E-state index in [2.05, 4.69) is 27.7 Å². The van der Waals surface area contributed by atoms with E-state index in [1.807, 2.05) is 35.7 Å². The molecule has 0 radical (unpaired) electrons. The quantitative estimate of drug-likeness (QED) is 0.697. The third kappa shape index (κ3) is 3.93. The van der Waals surface area contributed by atoms with E-state index in [0.717, 1.165) is 29.0 Å². The number of ether oxygens (including phenoxy) is 1. The standard InChI is InChI=1S/C20H19N3O3S/c1-25-16-5-2-4-15(12-16)13-7-9-14(10-8-13)18(24)21-20-23-22-19(26-20)17-6-3-11-27-17/h2-7,11-12,14H,8-10H2,1H3,(H,21,23,24). The van der Waals surface area contributed by atoms with Gasteiger partial charge in [-0.15, -0.1) is 16.4 Å². The van der Waals surface area contributed by atoms with Crippen LogP contribution in [0.1, 0.15) is 24.8 Å². The number of allylic oxidation sites excluding steroid dienone is 2. The average molecular weight is 381 g/mol. The lowest BCUT2D eigenvalue weighted by atomic mass is 9.86.